The van der Waals surface area contributed by atoms with E-state index in [1.54, 1.807) is 6.07 Å². The molecule has 1 aromatic rings. The van der Waals surface area contributed by atoms with Crippen LogP contribution in [0.25, 0.3) is 0 Å². The Labute approximate surface area is 136 Å². The zero-order valence-corrected chi connectivity index (χ0v) is 14.3. The van der Waals surface area contributed by atoms with Gasteiger partial charge in [-0.05, 0) is 25.0 Å². The van der Waals surface area contributed by atoms with Crippen LogP contribution in [0.1, 0.15) is 31.9 Å². The smallest absolute Gasteiger partial charge is 0.0640 e. The number of nitrogens with zero attached hydrogens (tertiary/aromatic N) is 1. The summed E-state index contributed by atoms with van der Waals surface area (Å²) in [5.41, 5.74) is 7.24. The average Bonchev–Trinajstić information content (AvgIpc) is 2.43. The van der Waals surface area contributed by atoms with Gasteiger partial charge in [0, 0.05) is 36.2 Å². The zero-order valence-electron chi connectivity index (χ0n) is 12.0. The maximum absolute atomic E-state index is 6.29. The van der Waals surface area contributed by atoms with E-state index >= 15 is 0 Å². The van der Waals surface area contributed by atoms with Crippen LogP contribution in [0.5, 0.6) is 0 Å². The van der Waals surface area contributed by atoms with E-state index in [2.05, 4.69) is 30.5 Å². The summed E-state index contributed by atoms with van der Waals surface area (Å²) < 4.78 is 0. The third kappa shape index (κ3) is 3.83. The van der Waals surface area contributed by atoms with E-state index in [-0.39, 0.29) is 6.04 Å². The molecule has 0 spiro atoms. The van der Waals surface area contributed by atoms with Gasteiger partial charge in [-0.2, -0.15) is 11.8 Å². The first kappa shape index (κ1) is 16.4. The molecule has 1 heterocycles. The number of nitrogens with two attached hydrogens (primary N) is 1. The van der Waals surface area contributed by atoms with Crippen LogP contribution < -0.4 is 5.73 Å². The summed E-state index contributed by atoms with van der Waals surface area (Å²) >= 11 is 14.3. The fraction of sp³-hybridized carbons (Fsp3) is 0.600. The van der Waals surface area contributed by atoms with Gasteiger partial charge in [-0.15, -0.1) is 0 Å². The molecule has 3 unspecified atom stereocenters. The summed E-state index contributed by atoms with van der Waals surface area (Å²) in [6, 6.07) is 6.23. The molecule has 2 nitrogen and oxygen atoms in total. The molecular weight excluding hydrogens is 311 g/mol. The van der Waals surface area contributed by atoms with Crippen LogP contribution in [0.4, 0.5) is 0 Å². The Kier molecular flexibility index (Phi) is 6.06. The van der Waals surface area contributed by atoms with Crippen molar-refractivity contribution in [3.05, 3.63) is 33.8 Å². The van der Waals surface area contributed by atoms with Gasteiger partial charge in [0.15, 0.2) is 0 Å². The Bertz CT molecular complexity index is 455. The fourth-order valence-electron chi connectivity index (χ4n) is 2.58. The highest BCUT2D eigenvalue weighted by atomic mass is 35.5. The van der Waals surface area contributed by atoms with Gasteiger partial charge in [0.25, 0.3) is 0 Å². The molecule has 1 aliphatic heterocycles. The lowest BCUT2D eigenvalue weighted by atomic mass is 10.0. The molecule has 0 radical (unpaired) electrons. The van der Waals surface area contributed by atoms with Crippen LogP contribution in [0.15, 0.2) is 18.2 Å². The lowest BCUT2D eigenvalue weighted by Crippen LogP contribution is -2.45. The molecule has 3 atom stereocenters. The highest BCUT2D eigenvalue weighted by Crippen LogP contribution is 2.31. The van der Waals surface area contributed by atoms with Crippen LogP contribution in [-0.4, -0.2) is 35.0 Å². The number of hydrogen-bond donors (Lipinski definition) is 1. The van der Waals surface area contributed by atoms with Crippen molar-refractivity contribution in [2.75, 3.05) is 18.8 Å². The summed E-state index contributed by atoms with van der Waals surface area (Å²) in [7, 11) is 0. The van der Waals surface area contributed by atoms with Crippen molar-refractivity contribution < 1.29 is 0 Å². The van der Waals surface area contributed by atoms with Gasteiger partial charge in [0.05, 0.1) is 10.0 Å². The van der Waals surface area contributed by atoms with E-state index in [4.69, 9.17) is 28.9 Å². The van der Waals surface area contributed by atoms with Crippen LogP contribution in [0.3, 0.4) is 0 Å². The van der Waals surface area contributed by atoms with Crippen LogP contribution in [0.2, 0.25) is 10.0 Å². The van der Waals surface area contributed by atoms with Gasteiger partial charge in [0.1, 0.15) is 0 Å². The molecule has 0 bridgehead atoms. The van der Waals surface area contributed by atoms with E-state index in [9.17, 15) is 0 Å². The van der Waals surface area contributed by atoms with Gasteiger partial charge < -0.3 is 5.73 Å². The van der Waals surface area contributed by atoms with Crippen molar-refractivity contribution >= 4 is 35.0 Å². The van der Waals surface area contributed by atoms with Gasteiger partial charge >= 0.3 is 0 Å². The van der Waals surface area contributed by atoms with Crippen molar-refractivity contribution in [2.24, 2.45) is 5.73 Å². The molecule has 2 rings (SSSR count). The Balaban J connectivity index is 1.95. The zero-order chi connectivity index (χ0) is 14.7. The minimum absolute atomic E-state index is 0.0571. The largest absolute Gasteiger partial charge is 0.324 e. The number of halogens is 2. The molecule has 1 aliphatic rings. The summed E-state index contributed by atoms with van der Waals surface area (Å²) in [6.07, 6.45) is 0.905. The van der Waals surface area contributed by atoms with Crippen molar-refractivity contribution in [1.29, 1.82) is 0 Å². The molecule has 1 saturated heterocycles. The second-order valence-corrected chi connectivity index (χ2v) is 7.66. The van der Waals surface area contributed by atoms with Crippen LogP contribution in [0, 0.1) is 0 Å². The molecule has 0 saturated carbocycles. The summed E-state index contributed by atoms with van der Waals surface area (Å²) in [5.74, 6) is 1.21. The molecule has 0 aromatic heterocycles. The minimum atomic E-state index is -0.0571. The van der Waals surface area contributed by atoms with Crippen LogP contribution >= 0.6 is 35.0 Å². The quantitative estimate of drug-likeness (QED) is 0.895. The molecule has 2 N–H and O–H groups in total. The molecule has 0 amide bonds. The van der Waals surface area contributed by atoms with Crippen molar-refractivity contribution in [1.82, 2.24) is 4.90 Å². The normalized spacial score (nSPS) is 25.6. The van der Waals surface area contributed by atoms with Crippen LogP contribution in [-0.2, 0) is 0 Å². The molecular formula is C15H22Cl2N2S. The fourth-order valence-corrected chi connectivity index (χ4v) is 4.19. The Hall–Kier alpha value is 0.0700. The average molecular weight is 333 g/mol. The first-order valence-corrected chi connectivity index (χ1v) is 8.86. The minimum Gasteiger partial charge on any atom is -0.324 e. The Morgan fingerprint density at radius 3 is 2.90 bits per heavy atom. The van der Waals surface area contributed by atoms with Crippen molar-refractivity contribution in [3.63, 3.8) is 0 Å². The number of thioether (sulfide) groups is 1. The summed E-state index contributed by atoms with van der Waals surface area (Å²) in [4.78, 5) is 2.53. The SMILES string of the molecule is CC1SCCN(CCC(N)c2cccc(Cl)c2Cl)C1C. The second-order valence-electron chi connectivity index (χ2n) is 5.39. The number of benzene rings is 1. The third-order valence-electron chi connectivity index (χ3n) is 4.12. The summed E-state index contributed by atoms with van der Waals surface area (Å²) in [5, 5.41) is 1.86. The van der Waals surface area contributed by atoms with E-state index in [0.717, 1.165) is 25.1 Å². The van der Waals surface area contributed by atoms with E-state index in [1.165, 1.54) is 5.75 Å². The standard InChI is InChI=1S/C15H22Cl2N2S/c1-10-11(2)20-9-8-19(10)7-6-14(18)12-4-3-5-13(16)15(12)17/h3-5,10-11,14H,6-9,18H2,1-2H3. The number of hydrogen-bond acceptors (Lipinski definition) is 3. The van der Waals surface area contributed by atoms with Crippen molar-refractivity contribution in [2.45, 2.75) is 37.6 Å². The lowest BCUT2D eigenvalue weighted by Gasteiger charge is -2.38. The molecule has 1 aromatic carbocycles. The molecule has 20 heavy (non-hydrogen) atoms. The predicted octanol–water partition coefficient (Wildman–Crippen LogP) is 4.21. The highest BCUT2D eigenvalue weighted by Gasteiger charge is 2.25. The van der Waals surface area contributed by atoms with E-state index in [0.29, 0.717) is 21.3 Å². The maximum atomic E-state index is 6.29. The van der Waals surface area contributed by atoms with Gasteiger partial charge in [-0.25, -0.2) is 0 Å². The predicted molar refractivity (Wildman–Crippen MR) is 91.0 cm³/mol. The van der Waals surface area contributed by atoms with Crippen molar-refractivity contribution in [3.8, 4) is 0 Å². The third-order valence-corrected chi connectivity index (χ3v) is 6.29. The first-order valence-electron chi connectivity index (χ1n) is 7.06. The highest BCUT2D eigenvalue weighted by molar-refractivity contribution is 8.00. The van der Waals surface area contributed by atoms with E-state index < -0.39 is 0 Å². The molecule has 0 aliphatic carbocycles. The molecule has 5 heteroatoms. The maximum Gasteiger partial charge on any atom is 0.0640 e. The topological polar surface area (TPSA) is 29.3 Å². The Morgan fingerprint density at radius 1 is 1.40 bits per heavy atom. The monoisotopic (exact) mass is 332 g/mol. The molecule has 112 valence electrons. The second kappa shape index (κ2) is 7.37. The first-order chi connectivity index (χ1) is 9.50. The Morgan fingerprint density at radius 2 is 2.15 bits per heavy atom. The molecule has 1 fully saturated rings. The lowest BCUT2D eigenvalue weighted by molar-refractivity contribution is 0.206. The number of rotatable bonds is 4. The van der Waals surface area contributed by atoms with Gasteiger partial charge in [0.2, 0.25) is 0 Å². The van der Waals surface area contributed by atoms with Gasteiger partial charge in [-0.3, -0.25) is 4.90 Å². The summed E-state index contributed by atoms with van der Waals surface area (Å²) in [6.45, 7) is 6.76. The van der Waals surface area contributed by atoms with Gasteiger partial charge in [-0.1, -0.05) is 42.3 Å². The van der Waals surface area contributed by atoms with E-state index in [1.807, 2.05) is 12.1 Å².